The highest BCUT2D eigenvalue weighted by molar-refractivity contribution is 9.10. The molecule has 0 aromatic heterocycles. The third kappa shape index (κ3) is 2.21. The molecular weight excluding hydrogens is 247 g/mol. The molecule has 1 aromatic rings. The Balaban J connectivity index is 3.27. The highest BCUT2D eigenvalue weighted by Crippen LogP contribution is 2.22. The average molecular weight is 259 g/mol. The standard InChI is InChI=1S/C11H12BrFO/c1-6(2)11(14)9-5-8(12)4-7(3)10(9)13/h4-6H,1-3H3. The molecule has 0 unspecified atom stereocenters. The highest BCUT2D eigenvalue weighted by atomic mass is 79.9. The molecule has 0 amide bonds. The predicted molar refractivity (Wildman–Crippen MR) is 58.0 cm³/mol. The van der Waals surface area contributed by atoms with Crippen molar-refractivity contribution in [2.75, 3.05) is 0 Å². The van der Waals surface area contributed by atoms with Gasteiger partial charge in [0.05, 0.1) is 5.56 Å². The minimum atomic E-state index is -0.410. The fourth-order valence-corrected chi connectivity index (χ4v) is 1.79. The molecule has 1 aromatic carbocycles. The molecule has 0 saturated carbocycles. The minimum absolute atomic E-state index is 0.160. The van der Waals surface area contributed by atoms with Gasteiger partial charge in [0.25, 0.3) is 0 Å². The van der Waals surface area contributed by atoms with Gasteiger partial charge in [0.15, 0.2) is 5.78 Å². The molecule has 0 aliphatic rings. The van der Waals surface area contributed by atoms with Crippen LogP contribution in [0.15, 0.2) is 16.6 Å². The molecule has 0 atom stereocenters. The molecule has 0 heterocycles. The van der Waals surface area contributed by atoms with E-state index in [1.165, 1.54) is 6.07 Å². The van der Waals surface area contributed by atoms with Crippen LogP contribution in [0.25, 0.3) is 0 Å². The smallest absolute Gasteiger partial charge is 0.168 e. The van der Waals surface area contributed by atoms with Crippen LogP contribution in [-0.4, -0.2) is 5.78 Å². The molecule has 0 aliphatic carbocycles. The van der Waals surface area contributed by atoms with Crippen molar-refractivity contribution < 1.29 is 9.18 Å². The summed E-state index contributed by atoms with van der Waals surface area (Å²) < 4.78 is 14.3. The summed E-state index contributed by atoms with van der Waals surface area (Å²) in [6.45, 7) is 5.17. The van der Waals surface area contributed by atoms with E-state index in [-0.39, 0.29) is 17.3 Å². The quantitative estimate of drug-likeness (QED) is 0.739. The van der Waals surface area contributed by atoms with Gasteiger partial charge in [-0.05, 0) is 24.6 Å². The fraction of sp³-hybridized carbons (Fsp3) is 0.364. The van der Waals surface area contributed by atoms with Crippen LogP contribution in [0.3, 0.4) is 0 Å². The van der Waals surface area contributed by atoms with E-state index < -0.39 is 5.82 Å². The number of carbonyl (C=O) groups is 1. The van der Waals surface area contributed by atoms with E-state index in [0.29, 0.717) is 5.56 Å². The van der Waals surface area contributed by atoms with E-state index in [9.17, 15) is 9.18 Å². The van der Waals surface area contributed by atoms with Crippen LogP contribution >= 0.6 is 15.9 Å². The molecule has 0 N–H and O–H groups in total. The zero-order valence-corrected chi connectivity index (χ0v) is 9.98. The molecule has 0 radical (unpaired) electrons. The molecule has 1 rings (SSSR count). The lowest BCUT2D eigenvalue weighted by Crippen LogP contribution is -2.10. The third-order valence-corrected chi connectivity index (χ3v) is 2.47. The van der Waals surface area contributed by atoms with Gasteiger partial charge in [0.2, 0.25) is 0 Å². The minimum Gasteiger partial charge on any atom is -0.294 e. The van der Waals surface area contributed by atoms with Gasteiger partial charge in [-0.2, -0.15) is 0 Å². The SMILES string of the molecule is Cc1cc(Br)cc(C(=O)C(C)C)c1F. The normalized spacial score (nSPS) is 10.7. The summed E-state index contributed by atoms with van der Waals surface area (Å²) in [5.74, 6) is -0.753. The Morgan fingerprint density at radius 3 is 2.50 bits per heavy atom. The van der Waals surface area contributed by atoms with Gasteiger partial charge in [-0.25, -0.2) is 4.39 Å². The lowest BCUT2D eigenvalue weighted by molar-refractivity contribution is 0.0935. The summed E-state index contributed by atoms with van der Waals surface area (Å²) in [7, 11) is 0. The summed E-state index contributed by atoms with van der Waals surface area (Å²) in [6.07, 6.45) is 0. The maximum absolute atomic E-state index is 13.6. The summed E-state index contributed by atoms with van der Waals surface area (Å²) in [6, 6.07) is 3.19. The number of carbonyl (C=O) groups excluding carboxylic acids is 1. The zero-order chi connectivity index (χ0) is 10.9. The Bertz CT molecular complexity index is 372. The molecular formula is C11H12BrFO. The van der Waals surface area contributed by atoms with Crippen LogP contribution in [0.4, 0.5) is 4.39 Å². The molecule has 0 spiro atoms. The molecule has 0 bridgehead atoms. The molecule has 1 nitrogen and oxygen atoms in total. The molecule has 0 fully saturated rings. The van der Waals surface area contributed by atoms with Gasteiger partial charge < -0.3 is 0 Å². The second-order valence-corrected chi connectivity index (χ2v) is 4.52. The first-order valence-electron chi connectivity index (χ1n) is 4.43. The summed E-state index contributed by atoms with van der Waals surface area (Å²) in [5, 5.41) is 0. The van der Waals surface area contributed by atoms with E-state index >= 15 is 0 Å². The van der Waals surface area contributed by atoms with Crippen LogP contribution in [0.5, 0.6) is 0 Å². The number of Topliss-reactive ketones (excluding diaryl/α,β-unsaturated/α-hetero) is 1. The predicted octanol–water partition coefficient (Wildman–Crippen LogP) is 3.74. The van der Waals surface area contributed by atoms with Crippen molar-refractivity contribution in [3.05, 3.63) is 33.5 Å². The van der Waals surface area contributed by atoms with Crippen LogP contribution in [0.2, 0.25) is 0 Å². The van der Waals surface area contributed by atoms with Crippen molar-refractivity contribution in [2.24, 2.45) is 5.92 Å². The maximum atomic E-state index is 13.6. The number of aryl methyl sites for hydroxylation is 1. The topological polar surface area (TPSA) is 17.1 Å². The number of hydrogen-bond donors (Lipinski definition) is 0. The summed E-state index contributed by atoms with van der Waals surface area (Å²) in [4.78, 5) is 11.6. The number of hydrogen-bond acceptors (Lipinski definition) is 1. The Kier molecular flexibility index (Phi) is 3.43. The Morgan fingerprint density at radius 2 is 2.00 bits per heavy atom. The largest absolute Gasteiger partial charge is 0.294 e. The first-order valence-corrected chi connectivity index (χ1v) is 5.22. The number of halogens is 2. The Labute approximate surface area is 91.5 Å². The van der Waals surface area contributed by atoms with E-state index in [4.69, 9.17) is 0 Å². The second-order valence-electron chi connectivity index (χ2n) is 3.60. The van der Waals surface area contributed by atoms with Crippen molar-refractivity contribution in [3.8, 4) is 0 Å². The number of ketones is 1. The fourth-order valence-electron chi connectivity index (χ4n) is 1.22. The van der Waals surface area contributed by atoms with Gasteiger partial charge in [-0.1, -0.05) is 29.8 Å². The first-order chi connectivity index (χ1) is 6.43. The zero-order valence-electron chi connectivity index (χ0n) is 8.40. The van der Waals surface area contributed by atoms with Crippen LogP contribution in [0, 0.1) is 18.7 Å². The highest BCUT2D eigenvalue weighted by Gasteiger charge is 2.17. The van der Waals surface area contributed by atoms with E-state index in [2.05, 4.69) is 15.9 Å². The van der Waals surface area contributed by atoms with Crippen LogP contribution in [0.1, 0.15) is 29.8 Å². The third-order valence-electron chi connectivity index (χ3n) is 2.01. The lowest BCUT2D eigenvalue weighted by atomic mass is 9.99. The van der Waals surface area contributed by atoms with Gasteiger partial charge >= 0.3 is 0 Å². The van der Waals surface area contributed by atoms with E-state index in [0.717, 1.165) is 4.47 Å². The van der Waals surface area contributed by atoms with E-state index in [1.54, 1.807) is 26.8 Å². The molecule has 14 heavy (non-hydrogen) atoms. The van der Waals surface area contributed by atoms with Crippen molar-refractivity contribution >= 4 is 21.7 Å². The van der Waals surface area contributed by atoms with Gasteiger partial charge in [0, 0.05) is 10.4 Å². The molecule has 3 heteroatoms. The van der Waals surface area contributed by atoms with Gasteiger partial charge in [-0.3, -0.25) is 4.79 Å². The number of benzene rings is 1. The molecule has 76 valence electrons. The van der Waals surface area contributed by atoms with E-state index in [1.807, 2.05) is 0 Å². The Hall–Kier alpha value is -0.700. The lowest BCUT2D eigenvalue weighted by Gasteiger charge is -2.08. The summed E-state index contributed by atoms with van der Waals surface area (Å²) in [5.41, 5.74) is 0.662. The van der Waals surface area contributed by atoms with Crippen molar-refractivity contribution in [1.82, 2.24) is 0 Å². The Morgan fingerprint density at radius 1 is 1.43 bits per heavy atom. The van der Waals surface area contributed by atoms with Gasteiger partial charge in [0.1, 0.15) is 5.82 Å². The number of rotatable bonds is 2. The summed E-state index contributed by atoms with van der Waals surface area (Å²) >= 11 is 3.25. The monoisotopic (exact) mass is 258 g/mol. The average Bonchev–Trinajstić information content (AvgIpc) is 2.09. The molecule has 0 aliphatic heterocycles. The first kappa shape index (κ1) is 11.4. The van der Waals surface area contributed by atoms with Gasteiger partial charge in [-0.15, -0.1) is 0 Å². The van der Waals surface area contributed by atoms with Crippen LogP contribution < -0.4 is 0 Å². The molecule has 0 saturated heterocycles. The van der Waals surface area contributed by atoms with Crippen molar-refractivity contribution in [2.45, 2.75) is 20.8 Å². The van der Waals surface area contributed by atoms with Crippen LogP contribution in [-0.2, 0) is 0 Å². The maximum Gasteiger partial charge on any atom is 0.168 e. The van der Waals surface area contributed by atoms with Crippen molar-refractivity contribution in [1.29, 1.82) is 0 Å². The second kappa shape index (κ2) is 4.22. The van der Waals surface area contributed by atoms with Crippen molar-refractivity contribution in [3.63, 3.8) is 0 Å².